The van der Waals surface area contributed by atoms with Crippen LogP contribution in [0.4, 0.5) is 6.01 Å². The monoisotopic (exact) mass is 384 g/mol. The van der Waals surface area contributed by atoms with Crippen molar-refractivity contribution in [2.75, 3.05) is 37.6 Å². The van der Waals surface area contributed by atoms with Crippen LogP contribution in [0, 0.1) is 5.92 Å². The summed E-state index contributed by atoms with van der Waals surface area (Å²) in [6.07, 6.45) is 6.53. The summed E-state index contributed by atoms with van der Waals surface area (Å²) in [5, 5.41) is 3.12. The van der Waals surface area contributed by atoms with E-state index in [4.69, 9.17) is 4.42 Å². The van der Waals surface area contributed by atoms with Crippen LogP contribution in [0.1, 0.15) is 45.4 Å². The lowest BCUT2D eigenvalue weighted by Gasteiger charge is -2.41. The largest absolute Gasteiger partial charge is 0.423 e. The Kier molecular flexibility index (Phi) is 6.15. The fraction of sp³-hybridized carbons (Fsp3) is 0.636. The highest BCUT2D eigenvalue weighted by atomic mass is 16.4. The Morgan fingerprint density at radius 2 is 2.04 bits per heavy atom. The third kappa shape index (κ3) is 4.32. The number of anilines is 1. The molecular formula is C22H32N4O2. The van der Waals surface area contributed by atoms with Gasteiger partial charge in [0.15, 0.2) is 5.58 Å². The van der Waals surface area contributed by atoms with E-state index < -0.39 is 0 Å². The summed E-state index contributed by atoms with van der Waals surface area (Å²) < 4.78 is 5.93. The van der Waals surface area contributed by atoms with Gasteiger partial charge in [0.1, 0.15) is 5.52 Å². The number of piperidine rings is 2. The number of carbonyl (C=O) groups excluding carboxylic acids is 1. The Balaban J connectivity index is 1.30. The van der Waals surface area contributed by atoms with Gasteiger partial charge in [-0.15, -0.1) is 0 Å². The molecule has 2 aliphatic heterocycles. The molecule has 3 heterocycles. The van der Waals surface area contributed by atoms with E-state index in [-0.39, 0.29) is 11.8 Å². The fourth-order valence-electron chi connectivity index (χ4n) is 4.50. The van der Waals surface area contributed by atoms with Crippen LogP contribution in [0.25, 0.3) is 11.1 Å². The molecule has 2 aliphatic rings. The summed E-state index contributed by atoms with van der Waals surface area (Å²) in [4.78, 5) is 21.9. The van der Waals surface area contributed by atoms with Crippen molar-refractivity contribution in [3.63, 3.8) is 0 Å². The van der Waals surface area contributed by atoms with Gasteiger partial charge in [-0.05, 0) is 50.8 Å². The van der Waals surface area contributed by atoms with Crippen LogP contribution >= 0.6 is 0 Å². The zero-order valence-corrected chi connectivity index (χ0v) is 16.9. The minimum Gasteiger partial charge on any atom is -0.423 e. The minimum absolute atomic E-state index is 0.153. The van der Waals surface area contributed by atoms with Gasteiger partial charge in [-0.3, -0.25) is 9.69 Å². The lowest BCUT2D eigenvalue weighted by Crippen LogP contribution is -2.51. The molecule has 6 heteroatoms. The molecule has 0 spiro atoms. The molecule has 28 heavy (non-hydrogen) atoms. The summed E-state index contributed by atoms with van der Waals surface area (Å²) in [6.45, 7) is 6.91. The van der Waals surface area contributed by atoms with E-state index in [1.54, 1.807) is 0 Å². The molecule has 2 aromatic rings. The minimum atomic E-state index is 0.153. The van der Waals surface area contributed by atoms with Gasteiger partial charge in [-0.25, -0.2) is 0 Å². The van der Waals surface area contributed by atoms with Gasteiger partial charge in [-0.2, -0.15) is 4.98 Å². The molecule has 2 saturated heterocycles. The van der Waals surface area contributed by atoms with Gasteiger partial charge in [0.25, 0.3) is 6.01 Å². The standard InChI is InChI=1S/C22H32N4O2/c1-2-3-12-23-21(27)17-7-6-13-26(16-17)18-10-14-25(15-11-18)22-24-19-8-4-5-9-20(19)28-22/h4-5,8-9,17-18H,2-3,6-7,10-16H2,1H3,(H,23,27). The van der Waals surface area contributed by atoms with Gasteiger partial charge < -0.3 is 14.6 Å². The Bertz CT molecular complexity index is 749. The molecule has 4 rings (SSSR count). The van der Waals surface area contributed by atoms with E-state index in [1.807, 2.05) is 24.3 Å². The molecule has 0 radical (unpaired) electrons. The number of rotatable bonds is 6. The summed E-state index contributed by atoms with van der Waals surface area (Å²) in [7, 11) is 0. The first kappa shape index (κ1) is 19.2. The highest BCUT2D eigenvalue weighted by Crippen LogP contribution is 2.28. The van der Waals surface area contributed by atoms with E-state index in [9.17, 15) is 4.79 Å². The third-order valence-electron chi connectivity index (χ3n) is 6.19. The molecule has 152 valence electrons. The summed E-state index contributed by atoms with van der Waals surface area (Å²) in [6, 6.07) is 9.24. The van der Waals surface area contributed by atoms with Crippen molar-refractivity contribution in [3.8, 4) is 0 Å². The maximum atomic E-state index is 12.5. The number of unbranched alkanes of at least 4 members (excludes halogenated alkanes) is 1. The van der Waals surface area contributed by atoms with Crippen molar-refractivity contribution in [2.45, 2.75) is 51.5 Å². The van der Waals surface area contributed by atoms with Crippen LogP contribution in [0.3, 0.4) is 0 Å². The Labute approximate surface area is 167 Å². The first-order chi connectivity index (χ1) is 13.7. The van der Waals surface area contributed by atoms with Crippen LogP contribution in [-0.2, 0) is 4.79 Å². The molecular weight excluding hydrogens is 352 g/mol. The first-order valence-electron chi connectivity index (χ1n) is 10.9. The number of fused-ring (bicyclic) bond motifs is 1. The van der Waals surface area contributed by atoms with Gasteiger partial charge >= 0.3 is 0 Å². The molecule has 1 atom stereocenters. The predicted octanol–water partition coefficient (Wildman–Crippen LogP) is 3.42. The van der Waals surface area contributed by atoms with Crippen LogP contribution in [0.5, 0.6) is 0 Å². The Morgan fingerprint density at radius 1 is 1.21 bits per heavy atom. The van der Waals surface area contributed by atoms with Crippen LogP contribution in [0.2, 0.25) is 0 Å². The number of carbonyl (C=O) groups is 1. The van der Waals surface area contributed by atoms with E-state index in [0.717, 1.165) is 88.4 Å². The van der Waals surface area contributed by atoms with E-state index >= 15 is 0 Å². The van der Waals surface area contributed by atoms with Crippen molar-refractivity contribution in [1.29, 1.82) is 0 Å². The number of hydrogen-bond donors (Lipinski definition) is 1. The lowest BCUT2D eigenvalue weighted by atomic mass is 9.93. The first-order valence-corrected chi connectivity index (χ1v) is 10.9. The predicted molar refractivity (Wildman–Crippen MR) is 111 cm³/mol. The van der Waals surface area contributed by atoms with E-state index in [0.29, 0.717) is 6.04 Å². The fourth-order valence-corrected chi connectivity index (χ4v) is 4.50. The van der Waals surface area contributed by atoms with Gasteiger partial charge in [-0.1, -0.05) is 25.5 Å². The average molecular weight is 385 g/mol. The van der Waals surface area contributed by atoms with Crippen molar-refractivity contribution in [3.05, 3.63) is 24.3 Å². The number of nitrogens with one attached hydrogen (secondary N) is 1. The van der Waals surface area contributed by atoms with E-state index in [2.05, 4.69) is 27.0 Å². The van der Waals surface area contributed by atoms with Crippen molar-refractivity contribution in [1.82, 2.24) is 15.2 Å². The molecule has 2 fully saturated rings. The Hall–Kier alpha value is -2.08. The maximum absolute atomic E-state index is 12.5. The zero-order valence-electron chi connectivity index (χ0n) is 16.9. The third-order valence-corrected chi connectivity index (χ3v) is 6.19. The molecule has 1 aromatic carbocycles. The number of likely N-dealkylation sites (tertiary alicyclic amines) is 1. The van der Waals surface area contributed by atoms with Crippen molar-refractivity contribution in [2.24, 2.45) is 5.92 Å². The maximum Gasteiger partial charge on any atom is 0.298 e. The molecule has 1 aromatic heterocycles. The second kappa shape index (κ2) is 8.95. The second-order valence-electron chi connectivity index (χ2n) is 8.16. The van der Waals surface area contributed by atoms with Gasteiger partial charge in [0.05, 0.1) is 5.92 Å². The van der Waals surface area contributed by atoms with E-state index in [1.165, 1.54) is 0 Å². The number of benzene rings is 1. The van der Waals surface area contributed by atoms with Gasteiger partial charge in [0, 0.05) is 32.2 Å². The molecule has 0 aliphatic carbocycles. The van der Waals surface area contributed by atoms with Crippen LogP contribution in [-0.4, -0.2) is 54.6 Å². The molecule has 1 amide bonds. The zero-order chi connectivity index (χ0) is 19.3. The molecule has 6 nitrogen and oxygen atoms in total. The summed E-state index contributed by atoms with van der Waals surface area (Å²) in [5.74, 6) is 0.405. The van der Waals surface area contributed by atoms with Gasteiger partial charge in [0.2, 0.25) is 5.91 Å². The summed E-state index contributed by atoms with van der Waals surface area (Å²) >= 11 is 0. The topological polar surface area (TPSA) is 61.6 Å². The summed E-state index contributed by atoms with van der Waals surface area (Å²) in [5.41, 5.74) is 1.78. The van der Waals surface area contributed by atoms with Crippen molar-refractivity contribution >= 4 is 23.0 Å². The SMILES string of the molecule is CCCCNC(=O)C1CCCN(C2CCN(c3nc4ccccc4o3)CC2)C1. The normalized spacial score (nSPS) is 21.9. The quantitative estimate of drug-likeness (QED) is 0.773. The smallest absolute Gasteiger partial charge is 0.298 e. The molecule has 0 saturated carbocycles. The number of amides is 1. The van der Waals surface area contributed by atoms with Crippen LogP contribution < -0.4 is 10.2 Å². The Morgan fingerprint density at radius 3 is 2.82 bits per heavy atom. The van der Waals surface area contributed by atoms with Crippen LogP contribution in [0.15, 0.2) is 28.7 Å². The highest BCUT2D eigenvalue weighted by Gasteiger charge is 2.32. The highest BCUT2D eigenvalue weighted by molar-refractivity contribution is 5.79. The molecule has 1 N–H and O–H groups in total. The number of nitrogens with zero attached hydrogens (tertiary/aromatic N) is 3. The number of hydrogen-bond acceptors (Lipinski definition) is 5. The molecule has 1 unspecified atom stereocenters. The molecule has 0 bridgehead atoms. The second-order valence-corrected chi connectivity index (χ2v) is 8.16. The number of para-hydroxylation sites is 2. The van der Waals surface area contributed by atoms with Crippen molar-refractivity contribution < 1.29 is 9.21 Å². The lowest BCUT2D eigenvalue weighted by molar-refractivity contribution is -0.127. The number of aromatic nitrogens is 1. The number of oxazole rings is 1. The average Bonchev–Trinajstić information content (AvgIpc) is 3.18.